The average molecular weight is 464 g/mol. The van der Waals surface area contributed by atoms with E-state index in [1.165, 1.54) is 0 Å². The van der Waals surface area contributed by atoms with E-state index >= 15 is 0 Å². The molecular formula is C27H33N3O4. The molecule has 1 aliphatic heterocycles. The number of aromatic hydroxyl groups is 1. The van der Waals surface area contributed by atoms with E-state index in [4.69, 9.17) is 9.47 Å². The molecule has 1 atom stereocenters. The van der Waals surface area contributed by atoms with Gasteiger partial charge in [0.2, 0.25) is 0 Å². The molecule has 0 fully saturated rings. The predicted octanol–water partition coefficient (Wildman–Crippen LogP) is 5.54. The maximum absolute atomic E-state index is 13.5. The summed E-state index contributed by atoms with van der Waals surface area (Å²) in [6.07, 6.45) is 3.02. The van der Waals surface area contributed by atoms with Gasteiger partial charge in [-0.3, -0.25) is 9.89 Å². The summed E-state index contributed by atoms with van der Waals surface area (Å²) in [5.41, 5.74) is 5.31. The van der Waals surface area contributed by atoms with Crippen molar-refractivity contribution in [2.45, 2.75) is 53.0 Å². The summed E-state index contributed by atoms with van der Waals surface area (Å²) >= 11 is 0. The summed E-state index contributed by atoms with van der Waals surface area (Å²) < 4.78 is 11.3. The van der Waals surface area contributed by atoms with Gasteiger partial charge in [0, 0.05) is 17.7 Å². The molecule has 7 nitrogen and oxygen atoms in total. The Balaban J connectivity index is 1.88. The number of nitrogens with one attached hydrogen (secondary N) is 1. The fraction of sp³-hybridized carbons (Fsp3) is 0.407. The van der Waals surface area contributed by atoms with Crippen LogP contribution in [0, 0.1) is 13.8 Å². The molecule has 0 aliphatic carbocycles. The number of carbonyl (C=O) groups is 1. The zero-order valence-electron chi connectivity index (χ0n) is 20.6. The number of benzene rings is 2. The second kappa shape index (κ2) is 9.79. The van der Waals surface area contributed by atoms with Gasteiger partial charge in [-0.2, -0.15) is 5.10 Å². The van der Waals surface area contributed by atoms with Gasteiger partial charge in [-0.1, -0.05) is 31.9 Å². The number of rotatable bonds is 9. The molecule has 0 saturated carbocycles. The Morgan fingerprint density at radius 3 is 2.59 bits per heavy atom. The van der Waals surface area contributed by atoms with Crippen LogP contribution in [0.2, 0.25) is 0 Å². The minimum atomic E-state index is -0.349. The highest BCUT2D eigenvalue weighted by Crippen LogP contribution is 2.46. The summed E-state index contributed by atoms with van der Waals surface area (Å²) in [5.74, 6) is 1.36. The number of aryl methyl sites for hydroxylation is 2. The lowest BCUT2D eigenvalue weighted by molar-refractivity contribution is 0.0740. The molecule has 1 aromatic heterocycles. The number of unbranched alkanes of at least 4 members (excludes halogenated alkanes) is 2. The lowest BCUT2D eigenvalue weighted by Crippen LogP contribution is -2.30. The highest BCUT2D eigenvalue weighted by Gasteiger charge is 2.42. The zero-order chi connectivity index (χ0) is 24.4. The first-order valence-electron chi connectivity index (χ1n) is 11.9. The molecule has 0 spiro atoms. The monoisotopic (exact) mass is 463 g/mol. The number of phenolic OH excluding ortho intramolecular Hbond substituents is 1. The van der Waals surface area contributed by atoms with Crippen LogP contribution in [0.1, 0.15) is 71.9 Å². The molecule has 2 N–H and O–H groups in total. The van der Waals surface area contributed by atoms with E-state index in [0.29, 0.717) is 41.6 Å². The van der Waals surface area contributed by atoms with Gasteiger partial charge >= 0.3 is 0 Å². The molecule has 1 aliphatic rings. The maximum atomic E-state index is 13.5. The topological polar surface area (TPSA) is 87.7 Å². The van der Waals surface area contributed by atoms with E-state index in [2.05, 4.69) is 17.1 Å². The molecule has 34 heavy (non-hydrogen) atoms. The lowest BCUT2D eigenvalue weighted by Gasteiger charge is -2.27. The summed E-state index contributed by atoms with van der Waals surface area (Å²) in [5, 5.41) is 18.3. The van der Waals surface area contributed by atoms with E-state index in [9.17, 15) is 9.90 Å². The molecule has 0 bridgehead atoms. The molecule has 1 unspecified atom stereocenters. The number of H-pyrrole nitrogens is 1. The number of hydrogen-bond acceptors (Lipinski definition) is 5. The first kappa shape index (κ1) is 23.7. The number of ether oxygens (including phenoxy) is 2. The summed E-state index contributed by atoms with van der Waals surface area (Å²) in [4.78, 5) is 15.4. The highest BCUT2D eigenvalue weighted by atomic mass is 16.5. The molecular weight excluding hydrogens is 430 g/mol. The van der Waals surface area contributed by atoms with Crippen molar-refractivity contribution in [3.05, 3.63) is 58.3 Å². The van der Waals surface area contributed by atoms with E-state index in [-0.39, 0.29) is 17.7 Å². The second-order valence-corrected chi connectivity index (χ2v) is 8.79. The van der Waals surface area contributed by atoms with Crippen LogP contribution in [-0.4, -0.2) is 46.4 Å². The summed E-state index contributed by atoms with van der Waals surface area (Å²) in [7, 11) is 1.61. The van der Waals surface area contributed by atoms with Crippen molar-refractivity contribution in [3.63, 3.8) is 0 Å². The van der Waals surface area contributed by atoms with Gasteiger partial charge in [0.15, 0.2) is 11.5 Å². The smallest absolute Gasteiger partial charge is 0.273 e. The molecule has 4 rings (SSSR count). The number of hydrogen-bond donors (Lipinski definition) is 2. The van der Waals surface area contributed by atoms with Gasteiger partial charge in [0.1, 0.15) is 17.1 Å². The number of aromatic amines is 1. The van der Waals surface area contributed by atoms with Crippen LogP contribution in [0.3, 0.4) is 0 Å². The predicted molar refractivity (Wildman–Crippen MR) is 132 cm³/mol. The Morgan fingerprint density at radius 1 is 1.12 bits per heavy atom. The Labute approximate surface area is 200 Å². The Bertz CT molecular complexity index is 1180. The molecule has 0 radical (unpaired) electrons. The van der Waals surface area contributed by atoms with Gasteiger partial charge in [-0.15, -0.1) is 0 Å². The number of amides is 1. The summed E-state index contributed by atoms with van der Waals surface area (Å²) in [6.45, 7) is 9.14. The molecule has 3 aromatic rings. The number of fused-ring (bicyclic) bond motifs is 1. The molecule has 0 saturated heterocycles. The largest absolute Gasteiger partial charge is 0.507 e. The van der Waals surface area contributed by atoms with Crippen LogP contribution < -0.4 is 9.47 Å². The van der Waals surface area contributed by atoms with Crippen molar-refractivity contribution in [1.82, 2.24) is 15.1 Å². The summed E-state index contributed by atoms with van der Waals surface area (Å²) in [6, 6.07) is 9.20. The number of aromatic nitrogens is 2. The SMILES string of the molecule is CCCCCN1C(=O)c2[nH]nc(-c3c(C)cc(C)cc3O)c2C1c1ccc(OCC)c(OC)c1. The van der Waals surface area contributed by atoms with E-state index < -0.39 is 0 Å². The van der Waals surface area contributed by atoms with Gasteiger partial charge in [0.25, 0.3) is 5.91 Å². The Kier molecular flexibility index (Phi) is 6.82. The van der Waals surface area contributed by atoms with Crippen molar-refractivity contribution in [2.24, 2.45) is 0 Å². The normalized spacial score (nSPS) is 15.0. The molecule has 7 heteroatoms. The van der Waals surface area contributed by atoms with Gasteiger partial charge < -0.3 is 19.5 Å². The minimum Gasteiger partial charge on any atom is -0.507 e. The Hall–Kier alpha value is -3.48. The van der Waals surface area contributed by atoms with Gasteiger partial charge in [0.05, 0.1) is 19.8 Å². The number of carbonyl (C=O) groups excluding carboxylic acids is 1. The third-order valence-corrected chi connectivity index (χ3v) is 6.37. The number of nitrogens with zero attached hydrogens (tertiary/aromatic N) is 2. The van der Waals surface area contributed by atoms with Crippen molar-refractivity contribution < 1.29 is 19.4 Å². The molecule has 2 aromatic carbocycles. The van der Waals surface area contributed by atoms with E-state index in [1.54, 1.807) is 13.2 Å². The van der Waals surface area contributed by atoms with Crippen molar-refractivity contribution in [1.29, 1.82) is 0 Å². The fourth-order valence-corrected chi connectivity index (χ4v) is 4.88. The average Bonchev–Trinajstić information content (AvgIpc) is 3.33. The first-order chi connectivity index (χ1) is 16.4. The first-order valence-corrected chi connectivity index (χ1v) is 11.9. The molecule has 2 heterocycles. The van der Waals surface area contributed by atoms with Crippen molar-refractivity contribution >= 4 is 5.91 Å². The van der Waals surface area contributed by atoms with Crippen LogP contribution in [-0.2, 0) is 0 Å². The molecule has 180 valence electrons. The van der Waals surface area contributed by atoms with Gasteiger partial charge in [-0.05, 0) is 62.1 Å². The zero-order valence-corrected chi connectivity index (χ0v) is 20.6. The second-order valence-electron chi connectivity index (χ2n) is 8.79. The van der Waals surface area contributed by atoms with Crippen LogP contribution >= 0.6 is 0 Å². The third kappa shape index (κ3) is 4.11. The van der Waals surface area contributed by atoms with E-state index in [0.717, 1.165) is 41.5 Å². The van der Waals surface area contributed by atoms with Crippen LogP contribution in [0.5, 0.6) is 17.2 Å². The van der Waals surface area contributed by atoms with Crippen molar-refractivity contribution in [3.8, 4) is 28.5 Å². The maximum Gasteiger partial charge on any atom is 0.273 e. The van der Waals surface area contributed by atoms with E-state index in [1.807, 2.05) is 49.9 Å². The minimum absolute atomic E-state index is 0.0769. The quantitative estimate of drug-likeness (QED) is 0.407. The van der Waals surface area contributed by atoms with Crippen LogP contribution in [0.4, 0.5) is 0 Å². The fourth-order valence-electron chi connectivity index (χ4n) is 4.88. The number of phenols is 1. The van der Waals surface area contributed by atoms with Crippen molar-refractivity contribution in [2.75, 3.05) is 20.3 Å². The standard InChI is InChI=1S/C27H33N3O4/c1-6-8-9-12-30-26(18-10-11-20(34-7-2)21(15-18)33-5)23-24(28-29-25(23)27(30)32)22-17(4)13-16(3)14-19(22)31/h10-11,13-15,26,31H,6-9,12H2,1-5H3,(H,28,29). The third-order valence-electron chi connectivity index (χ3n) is 6.37. The van der Waals surface area contributed by atoms with Crippen LogP contribution in [0.15, 0.2) is 30.3 Å². The lowest BCUT2D eigenvalue weighted by atomic mass is 9.93. The molecule has 1 amide bonds. The highest BCUT2D eigenvalue weighted by molar-refractivity contribution is 6.00. The Morgan fingerprint density at radius 2 is 1.91 bits per heavy atom. The van der Waals surface area contributed by atoms with Crippen LogP contribution in [0.25, 0.3) is 11.3 Å². The van der Waals surface area contributed by atoms with Gasteiger partial charge in [-0.25, -0.2) is 0 Å². The number of methoxy groups -OCH3 is 1.